The quantitative estimate of drug-likeness (QED) is 0.739. The van der Waals surface area contributed by atoms with Crippen molar-refractivity contribution in [1.29, 1.82) is 0 Å². The lowest BCUT2D eigenvalue weighted by Crippen LogP contribution is -2.41. The van der Waals surface area contributed by atoms with Crippen molar-refractivity contribution in [1.82, 2.24) is 20.0 Å². The second-order valence-electron chi connectivity index (χ2n) is 6.18. The molecule has 0 saturated carbocycles. The molecule has 7 nitrogen and oxygen atoms in total. The summed E-state index contributed by atoms with van der Waals surface area (Å²) in [7, 11) is 1.80. The first-order valence-electron chi connectivity index (χ1n) is 8.12. The fraction of sp³-hybridized carbons (Fsp3) is 0.412. The standard InChI is InChI=1S/C17H20N4O3S/c1-20-9-13(8-19-20)6-14-7-16(23)21(17(14)24)10-15(22)18-4-2-12-3-5-25-11-12/h3,5,8-9,11,14H,2,4,6-7,10H2,1H3,(H,18,22)/t14-/m0/s1. The summed E-state index contributed by atoms with van der Waals surface area (Å²) in [6.45, 7) is 0.287. The van der Waals surface area contributed by atoms with Gasteiger partial charge in [0.15, 0.2) is 0 Å². The number of aromatic nitrogens is 2. The molecule has 0 aliphatic carbocycles. The largest absolute Gasteiger partial charge is 0.354 e. The number of amides is 3. The molecule has 3 amide bonds. The molecule has 0 bridgehead atoms. The predicted octanol–water partition coefficient (Wildman–Crippen LogP) is 0.758. The lowest BCUT2D eigenvalue weighted by Gasteiger charge is -2.14. The second-order valence-corrected chi connectivity index (χ2v) is 6.96. The molecule has 8 heteroatoms. The smallest absolute Gasteiger partial charge is 0.240 e. The molecule has 25 heavy (non-hydrogen) atoms. The van der Waals surface area contributed by atoms with Crippen molar-refractivity contribution in [3.05, 3.63) is 40.3 Å². The summed E-state index contributed by atoms with van der Waals surface area (Å²) in [6.07, 6.45) is 4.88. The maximum Gasteiger partial charge on any atom is 0.240 e. The molecule has 1 N–H and O–H groups in total. The fourth-order valence-electron chi connectivity index (χ4n) is 2.92. The van der Waals surface area contributed by atoms with Crippen LogP contribution in [0.15, 0.2) is 29.2 Å². The first-order chi connectivity index (χ1) is 12.0. The summed E-state index contributed by atoms with van der Waals surface area (Å²) in [5, 5.41) is 10.8. The second kappa shape index (κ2) is 7.60. The molecule has 1 fully saturated rings. The number of nitrogens with one attached hydrogen (secondary N) is 1. The number of hydrogen-bond acceptors (Lipinski definition) is 5. The van der Waals surface area contributed by atoms with Gasteiger partial charge >= 0.3 is 0 Å². The number of thiophene rings is 1. The summed E-state index contributed by atoms with van der Waals surface area (Å²) < 4.78 is 1.66. The first-order valence-corrected chi connectivity index (χ1v) is 9.06. The van der Waals surface area contributed by atoms with E-state index in [1.807, 2.05) is 23.0 Å². The van der Waals surface area contributed by atoms with Crippen molar-refractivity contribution in [2.24, 2.45) is 13.0 Å². The molecule has 0 unspecified atom stereocenters. The van der Waals surface area contributed by atoms with Gasteiger partial charge in [-0.25, -0.2) is 0 Å². The average Bonchev–Trinajstić information content (AvgIpc) is 3.27. The molecule has 132 valence electrons. The molecule has 1 aliphatic heterocycles. The van der Waals surface area contributed by atoms with E-state index in [9.17, 15) is 14.4 Å². The molecular weight excluding hydrogens is 340 g/mol. The van der Waals surface area contributed by atoms with E-state index in [4.69, 9.17) is 0 Å². The van der Waals surface area contributed by atoms with Crippen LogP contribution in [0.1, 0.15) is 17.5 Å². The van der Waals surface area contributed by atoms with Gasteiger partial charge in [-0.15, -0.1) is 0 Å². The average molecular weight is 360 g/mol. The van der Waals surface area contributed by atoms with E-state index < -0.39 is 5.92 Å². The number of rotatable bonds is 7. The lowest BCUT2D eigenvalue weighted by molar-refractivity contribution is -0.143. The van der Waals surface area contributed by atoms with Crippen molar-refractivity contribution in [2.75, 3.05) is 13.1 Å². The molecule has 0 spiro atoms. The number of nitrogens with zero attached hydrogens (tertiary/aromatic N) is 3. The third-order valence-electron chi connectivity index (χ3n) is 4.20. The highest BCUT2D eigenvalue weighted by atomic mass is 32.1. The van der Waals surface area contributed by atoms with Gasteiger partial charge in [0, 0.05) is 26.2 Å². The normalized spacial score (nSPS) is 17.3. The minimum atomic E-state index is -0.407. The molecule has 0 radical (unpaired) electrons. The molecule has 3 heterocycles. The SMILES string of the molecule is Cn1cc(C[C@H]2CC(=O)N(CC(=O)NCCc3ccsc3)C2=O)cn1. The molecule has 3 rings (SSSR count). The van der Waals surface area contributed by atoms with E-state index in [-0.39, 0.29) is 30.7 Å². The number of hydrogen-bond donors (Lipinski definition) is 1. The molecule has 1 atom stereocenters. The molecular formula is C17H20N4O3S. The summed E-state index contributed by atoms with van der Waals surface area (Å²) in [6, 6.07) is 2.01. The molecule has 1 saturated heterocycles. The van der Waals surface area contributed by atoms with Crippen LogP contribution in [0.25, 0.3) is 0 Å². The highest BCUT2D eigenvalue weighted by Gasteiger charge is 2.39. The molecule has 1 aliphatic rings. The summed E-state index contributed by atoms with van der Waals surface area (Å²) in [5.41, 5.74) is 2.07. The minimum Gasteiger partial charge on any atom is -0.354 e. The maximum absolute atomic E-state index is 12.4. The van der Waals surface area contributed by atoms with Crippen LogP contribution in [0.3, 0.4) is 0 Å². The van der Waals surface area contributed by atoms with Crippen LogP contribution in [0.5, 0.6) is 0 Å². The van der Waals surface area contributed by atoms with Gasteiger partial charge < -0.3 is 5.32 Å². The van der Waals surface area contributed by atoms with Gasteiger partial charge in [-0.2, -0.15) is 16.4 Å². The molecule has 2 aromatic heterocycles. The van der Waals surface area contributed by atoms with Crippen LogP contribution in [0, 0.1) is 5.92 Å². The van der Waals surface area contributed by atoms with Crippen molar-refractivity contribution in [2.45, 2.75) is 19.3 Å². The minimum absolute atomic E-state index is 0.149. The van der Waals surface area contributed by atoms with Gasteiger partial charge in [0.05, 0.1) is 12.1 Å². The third kappa shape index (κ3) is 4.33. The van der Waals surface area contributed by atoms with Crippen LogP contribution < -0.4 is 5.32 Å². The fourth-order valence-corrected chi connectivity index (χ4v) is 3.62. The van der Waals surface area contributed by atoms with Gasteiger partial charge in [-0.1, -0.05) is 0 Å². The van der Waals surface area contributed by atoms with Crippen molar-refractivity contribution < 1.29 is 14.4 Å². The Kier molecular flexibility index (Phi) is 5.28. The topological polar surface area (TPSA) is 84.3 Å². The highest BCUT2D eigenvalue weighted by Crippen LogP contribution is 2.23. The Labute approximate surface area is 149 Å². The van der Waals surface area contributed by atoms with Crippen LogP contribution in [-0.4, -0.2) is 45.5 Å². The maximum atomic E-state index is 12.4. The zero-order valence-electron chi connectivity index (χ0n) is 14.0. The summed E-state index contributed by atoms with van der Waals surface area (Å²) in [5.74, 6) is -1.28. The van der Waals surface area contributed by atoms with Crippen LogP contribution in [0.4, 0.5) is 0 Å². The van der Waals surface area contributed by atoms with Gasteiger partial charge in [-0.3, -0.25) is 24.0 Å². The third-order valence-corrected chi connectivity index (χ3v) is 4.93. The monoisotopic (exact) mass is 360 g/mol. The van der Waals surface area contributed by atoms with E-state index in [2.05, 4.69) is 10.4 Å². The summed E-state index contributed by atoms with van der Waals surface area (Å²) >= 11 is 1.61. The van der Waals surface area contributed by atoms with Crippen molar-refractivity contribution in [3.63, 3.8) is 0 Å². The molecule has 0 aromatic carbocycles. The van der Waals surface area contributed by atoms with E-state index in [0.29, 0.717) is 13.0 Å². The van der Waals surface area contributed by atoms with E-state index in [1.54, 1.807) is 29.3 Å². The number of carbonyl (C=O) groups excluding carboxylic acids is 3. The lowest BCUT2D eigenvalue weighted by atomic mass is 10.0. The Morgan fingerprint density at radius 2 is 2.24 bits per heavy atom. The number of carbonyl (C=O) groups is 3. The Morgan fingerprint density at radius 3 is 2.92 bits per heavy atom. The summed E-state index contributed by atoms with van der Waals surface area (Å²) in [4.78, 5) is 37.6. The Balaban J connectivity index is 1.49. The highest BCUT2D eigenvalue weighted by molar-refractivity contribution is 7.07. The van der Waals surface area contributed by atoms with Crippen LogP contribution in [0.2, 0.25) is 0 Å². The van der Waals surface area contributed by atoms with E-state index in [0.717, 1.165) is 22.4 Å². The van der Waals surface area contributed by atoms with Gasteiger partial charge in [0.25, 0.3) is 0 Å². The number of imide groups is 1. The predicted molar refractivity (Wildman–Crippen MR) is 92.8 cm³/mol. The number of likely N-dealkylation sites (tertiary alicyclic amines) is 1. The Hall–Kier alpha value is -2.48. The van der Waals surface area contributed by atoms with Crippen molar-refractivity contribution in [3.8, 4) is 0 Å². The van der Waals surface area contributed by atoms with E-state index in [1.165, 1.54) is 0 Å². The Bertz CT molecular complexity index is 769. The first kappa shape index (κ1) is 17.3. The Morgan fingerprint density at radius 1 is 1.40 bits per heavy atom. The van der Waals surface area contributed by atoms with Crippen LogP contribution in [-0.2, 0) is 34.3 Å². The van der Waals surface area contributed by atoms with Crippen LogP contribution >= 0.6 is 11.3 Å². The van der Waals surface area contributed by atoms with Gasteiger partial charge in [-0.05, 0) is 40.8 Å². The van der Waals surface area contributed by atoms with Gasteiger partial charge in [0.1, 0.15) is 6.54 Å². The van der Waals surface area contributed by atoms with Crippen molar-refractivity contribution >= 4 is 29.1 Å². The zero-order chi connectivity index (χ0) is 17.8. The van der Waals surface area contributed by atoms with Gasteiger partial charge in [0.2, 0.25) is 17.7 Å². The molecule has 2 aromatic rings. The van der Waals surface area contributed by atoms with E-state index >= 15 is 0 Å². The zero-order valence-corrected chi connectivity index (χ0v) is 14.8. The number of aryl methyl sites for hydroxylation is 1.